The first kappa shape index (κ1) is 14.0. The van der Waals surface area contributed by atoms with Crippen molar-refractivity contribution in [2.45, 2.75) is 57.2 Å². The van der Waals surface area contributed by atoms with Gasteiger partial charge in [0.15, 0.2) is 0 Å². The average Bonchev–Trinajstić information content (AvgIpc) is 3.01. The predicted molar refractivity (Wildman–Crippen MR) is 78.0 cm³/mol. The fraction of sp³-hybridized carbons (Fsp3) is 0.667. The molecule has 1 amide bonds. The molecule has 2 atom stereocenters. The lowest BCUT2D eigenvalue weighted by Gasteiger charge is -2.37. The van der Waals surface area contributed by atoms with E-state index in [0.717, 1.165) is 25.8 Å². The van der Waals surface area contributed by atoms with Crippen LogP contribution in [0.2, 0.25) is 5.22 Å². The molecule has 0 aromatic carbocycles. The van der Waals surface area contributed by atoms with E-state index < -0.39 is 0 Å². The Morgan fingerprint density at radius 3 is 2.70 bits per heavy atom. The number of carbonyl (C=O) groups excluding carboxylic acids is 1. The molecular formula is C15H21ClN2O2. The number of fused-ring (bicyclic) bond motifs is 2. The molecule has 0 saturated carbocycles. The van der Waals surface area contributed by atoms with E-state index in [1.54, 1.807) is 6.07 Å². The fourth-order valence-electron chi connectivity index (χ4n) is 3.57. The highest BCUT2D eigenvalue weighted by Crippen LogP contribution is 2.31. The summed E-state index contributed by atoms with van der Waals surface area (Å²) in [7, 11) is 0. The number of hydrogen-bond acceptors (Lipinski definition) is 3. The summed E-state index contributed by atoms with van der Waals surface area (Å²) in [5, 5.41) is 3.82. The zero-order valence-electron chi connectivity index (χ0n) is 11.8. The second-order valence-corrected chi connectivity index (χ2v) is 6.21. The van der Waals surface area contributed by atoms with Gasteiger partial charge in [0.25, 0.3) is 5.91 Å². The molecule has 110 valence electrons. The summed E-state index contributed by atoms with van der Waals surface area (Å²) in [6, 6.07) is 3.15. The summed E-state index contributed by atoms with van der Waals surface area (Å²) in [5.41, 5.74) is 0.492. The number of carbonyl (C=O) groups is 1. The molecule has 4 nitrogen and oxygen atoms in total. The number of nitrogens with one attached hydrogen (secondary N) is 1. The summed E-state index contributed by atoms with van der Waals surface area (Å²) >= 11 is 5.96. The molecule has 2 fully saturated rings. The van der Waals surface area contributed by atoms with E-state index in [1.165, 1.54) is 19.1 Å². The van der Waals surface area contributed by atoms with Crippen LogP contribution in [0.4, 0.5) is 0 Å². The Bertz CT molecular complexity index is 476. The monoisotopic (exact) mass is 296 g/mol. The molecule has 0 radical (unpaired) electrons. The Balaban J connectivity index is 1.78. The molecule has 1 N–H and O–H groups in total. The topological polar surface area (TPSA) is 45.5 Å². The quantitative estimate of drug-likeness (QED) is 0.929. The van der Waals surface area contributed by atoms with E-state index in [-0.39, 0.29) is 11.1 Å². The van der Waals surface area contributed by atoms with Crippen molar-refractivity contribution < 1.29 is 9.21 Å². The van der Waals surface area contributed by atoms with Gasteiger partial charge in [0.2, 0.25) is 5.22 Å². The van der Waals surface area contributed by atoms with Crippen molar-refractivity contribution in [3.63, 3.8) is 0 Å². The normalized spacial score (nSPS) is 28.6. The van der Waals surface area contributed by atoms with Crippen LogP contribution < -0.4 is 5.32 Å². The first-order valence-corrected chi connectivity index (χ1v) is 7.86. The number of nitrogens with zero attached hydrogens (tertiary/aromatic N) is 1. The summed E-state index contributed by atoms with van der Waals surface area (Å²) in [5.74, 6) is 0.0110. The summed E-state index contributed by atoms with van der Waals surface area (Å²) in [6.45, 7) is 2.89. The first-order chi connectivity index (χ1) is 9.69. The third kappa shape index (κ3) is 2.59. The lowest BCUT2D eigenvalue weighted by Crippen LogP contribution is -2.50. The van der Waals surface area contributed by atoms with E-state index in [1.807, 2.05) is 4.90 Å². The van der Waals surface area contributed by atoms with Crippen LogP contribution in [0.3, 0.4) is 0 Å². The average molecular weight is 297 g/mol. The number of amides is 1. The molecule has 1 aromatic heterocycles. The molecule has 2 saturated heterocycles. The number of piperidine rings is 1. The van der Waals surface area contributed by atoms with E-state index in [0.29, 0.717) is 23.7 Å². The molecule has 2 aliphatic heterocycles. The largest absolute Gasteiger partial charge is 0.452 e. The lowest BCUT2D eigenvalue weighted by atomic mass is 9.97. The maximum absolute atomic E-state index is 12.7. The first-order valence-electron chi connectivity index (χ1n) is 7.49. The molecule has 5 heteroatoms. The Morgan fingerprint density at radius 2 is 2.15 bits per heavy atom. The molecule has 20 heavy (non-hydrogen) atoms. The Morgan fingerprint density at radius 1 is 1.45 bits per heavy atom. The van der Waals surface area contributed by atoms with Gasteiger partial charge in [-0.15, -0.1) is 0 Å². The minimum atomic E-state index is 0.0110. The number of hydrogen-bond donors (Lipinski definition) is 1. The van der Waals surface area contributed by atoms with Crippen LogP contribution in [0.5, 0.6) is 0 Å². The third-order valence-electron chi connectivity index (χ3n) is 4.46. The standard InChI is InChI=1S/C15H21ClN2O2/c1-2-6-18(15(19)13-5-7-20-14(13)16)12-8-10-3-4-11(9-12)17-10/h5,7,10-12,17H,2-4,6,8-9H2,1H3. The number of furan rings is 1. The minimum Gasteiger partial charge on any atom is -0.452 e. The van der Waals surface area contributed by atoms with Crippen LogP contribution in [-0.4, -0.2) is 35.5 Å². The summed E-state index contributed by atoms with van der Waals surface area (Å²) in [4.78, 5) is 14.7. The van der Waals surface area contributed by atoms with Crippen molar-refractivity contribution >= 4 is 17.5 Å². The number of rotatable bonds is 4. The third-order valence-corrected chi connectivity index (χ3v) is 4.76. The highest BCUT2D eigenvalue weighted by Gasteiger charge is 2.38. The highest BCUT2D eigenvalue weighted by molar-refractivity contribution is 6.32. The molecule has 3 rings (SSSR count). The van der Waals surface area contributed by atoms with Crippen LogP contribution in [0.1, 0.15) is 49.4 Å². The van der Waals surface area contributed by atoms with Gasteiger partial charge in [0, 0.05) is 24.7 Å². The van der Waals surface area contributed by atoms with E-state index in [9.17, 15) is 4.79 Å². The molecule has 2 bridgehead atoms. The Labute approximate surface area is 124 Å². The van der Waals surface area contributed by atoms with Gasteiger partial charge >= 0.3 is 0 Å². The maximum atomic E-state index is 12.7. The van der Waals surface area contributed by atoms with Gasteiger partial charge in [-0.1, -0.05) is 6.92 Å². The van der Waals surface area contributed by atoms with Crippen molar-refractivity contribution in [2.24, 2.45) is 0 Å². The highest BCUT2D eigenvalue weighted by atomic mass is 35.5. The summed E-state index contributed by atoms with van der Waals surface area (Å²) < 4.78 is 5.06. The van der Waals surface area contributed by atoms with Crippen molar-refractivity contribution in [3.05, 3.63) is 23.1 Å². The van der Waals surface area contributed by atoms with E-state index >= 15 is 0 Å². The SMILES string of the molecule is CCCN(C(=O)c1ccoc1Cl)C1CC2CCC(C1)N2. The van der Waals surface area contributed by atoms with Gasteiger partial charge in [-0.25, -0.2) is 0 Å². The molecule has 2 aliphatic rings. The van der Waals surface area contributed by atoms with Crippen LogP contribution >= 0.6 is 11.6 Å². The second-order valence-electron chi connectivity index (χ2n) is 5.87. The van der Waals surface area contributed by atoms with Crippen molar-refractivity contribution in [1.82, 2.24) is 10.2 Å². The molecule has 2 unspecified atom stereocenters. The van der Waals surface area contributed by atoms with Gasteiger partial charge in [-0.05, 0) is 49.8 Å². The molecule has 3 heterocycles. The maximum Gasteiger partial charge on any atom is 0.258 e. The van der Waals surface area contributed by atoms with Crippen molar-refractivity contribution in [1.29, 1.82) is 0 Å². The zero-order valence-corrected chi connectivity index (χ0v) is 12.5. The Kier molecular flexibility index (Phi) is 4.03. The van der Waals surface area contributed by atoms with Crippen molar-refractivity contribution in [3.8, 4) is 0 Å². The molecule has 1 aromatic rings. The minimum absolute atomic E-state index is 0.0110. The van der Waals surface area contributed by atoms with Gasteiger partial charge in [0.05, 0.1) is 11.8 Å². The van der Waals surface area contributed by atoms with E-state index in [4.69, 9.17) is 16.0 Å². The van der Waals surface area contributed by atoms with Gasteiger partial charge in [-0.3, -0.25) is 4.79 Å². The van der Waals surface area contributed by atoms with E-state index in [2.05, 4.69) is 12.2 Å². The predicted octanol–water partition coefficient (Wildman–Crippen LogP) is 3.07. The van der Waals surface area contributed by atoms with Crippen LogP contribution in [-0.2, 0) is 0 Å². The zero-order chi connectivity index (χ0) is 14.1. The molecule has 0 spiro atoms. The Hall–Kier alpha value is -1.00. The summed E-state index contributed by atoms with van der Waals surface area (Å²) in [6.07, 6.45) is 7.02. The molecular weight excluding hydrogens is 276 g/mol. The second kappa shape index (κ2) is 5.78. The van der Waals surface area contributed by atoms with Gasteiger partial charge in [-0.2, -0.15) is 0 Å². The lowest BCUT2D eigenvalue weighted by molar-refractivity contribution is 0.0616. The van der Waals surface area contributed by atoms with Crippen LogP contribution in [0.25, 0.3) is 0 Å². The molecule has 0 aliphatic carbocycles. The fourth-order valence-corrected chi connectivity index (χ4v) is 3.77. The van der Waals surface area contributed by atoms with Crippen LogP contribution in [0.15, 0.2) is 16.7 Å². The number of halogens is 1. The van der Waals surface area contributed by atoms with Gasteiger partial charge < -0.3 is 14.6 Å². The van der Waals surface area contributed by atoms with Gasteiger partial charge in [0.1, 0.15) is 0 Å². The smallest absolute Gasteiger partial charge is 0.258 e. The van der Waals surface area contributed by atoms with Crippen molar-refractivity contribution in [2.75, 3.05) is 6.54 Å². The van der Waals surface area contributed by atoms with Crippen LogP contribution in [0, 0.1) is 0 Å².